The fourth-order valence-corrected chi connectivity index (χ4v) is 2.09. The lowest BCUT2D eigenvalue weighted by molar-refractivity contribution is 0.0936. The summed E-state index contributed by atoms with van der Waals surface area (Å²) in [6.07, 6.45) is -0.199. The molecule has 0 saturated carbocycles. The lowest BCUT2D eigenvalue weighted by atomic mass is 10.1. The summed E-state index contributed by atoms with van der Waals surface area (Å²) >= 11 is 0. The number of carbonyl (C=O) groups is 1. The van der Waals surface area contributed by atoms with Gasteiger partial charge in [-0.1, -0.05) is 30.3 Å². The summed E-state index contributed by atoms with van der Waals surface area (Å²) in [7, 11) is 0. The minimum atomic E-state index is -0.199. The average molecular weight is 239 g/mol. The summed E-state index contributed by atoms with van der Waals surface area (Å²) in [5.74, 6) is -0.107. The van der Waals surface area contributed by atoms with Crippen molar-refractivity contribution in [3.8, 4) is 0 Å². The van der Waals surface area contributed by atoms with Gasteiger partial charge in [-0.2, -0.15) is 0 Å². The number of nitrogen functional groups attached to an aromatic ring is 1. The molecule has 0 fully saturated rings. The molecular formula is C14H13N3O. The standard InChI is InChI=1S/C14H13N3O/c15-10-6-7-12-11(8-10)14(18)17-13(16-12)9-4-2-1-3-5-9/h1-8,13,16H,15H2,(H,17,18)/t13-/m1/s1. The second kappa shape index (κ2) is 4.07. The molecule has 0 spiro atoms. The number of hydrogen-bond acceptors (Lipinski definition) is 3. The Hall–Kier alpha value is -2.49. The maximum absolute atomic E-state index is 12.0. The summed E-state index contributed by atoms with van der Waals surface area (Å²) in [6.45, 7) is 0. The second-order valence-electron chi connectivity index (χ2n) is 4.27. The first kappa shape index (κ1) is 10.7. The van der Waals surface area contributed by atoms with Gasteiger partial charge in [0.2, 0.25) is 0 Å². The van der Waals surface area contributed by atoms with E-state index in [0.717, 1.165) is 11.3 Å². The maximum Gasteiger partial charge on any atom is 0.255 e. The normalized spacial score (nSPS) is 17.6. The number of amides is 1. The van der Waals surface area contributed by atoms with Crippen molar-refractivity contribution in [1.29, 1.82) is 0 Å². The molecule has 1 atom stereocenters. The molecule has 0 bridgehead atoms. The molecule has 1 heterocycles. The van der Waals surface area contributed by atoms with E-state index in [1.165, 1.54) is 0 Å². The van der Waals surface area contributed by atoms with Gasteiger partial charge in [0, 0.05) is 11.4 Å². The quantitative estimate of drug-likeness (QED) is 0.668. The highest BCUT2D eigenvalue weighted by molar-refractivity contribution is 6.02. The van der Waals surface area contributed by atoms with Crippen molar-refractivity contribution in [2.75, 3.05) is 11.1 Å². The molecule has 3 rings (SSSR count). The number of anilines is 2. The Morgan fingerprint density at radius 3 is 2.56 bits per heavy atom. The number of benzene rings is 2. The SMILES string of the molecule is Nc1ccc2c(c1)C(=O)N[C@H](c1ccccc1)N2. The molecule has 18 heavy (non-hydrogen) atoms. The Balaban J connectivity index is 1.97. The maximum atomic E-state index is 12.0. The molecule has 90 valence electrons. The van der Waals surface area contributed by atoms with E-state index in [-0.39, 0.29) is 12.1 Å². The fraction of sp³-hybridized carbons (Fsp3) is 0.0714. The first-order valence-electron chi connectivity index (χ1n) is 5.76. The summed E-state index contributed by atoms with van der Waals surface area (Å²) in [4.78, 5) is 12.0. The minimum absolute atomic E-state index is 0.107. The number of nitrogens with two attached hydrogens (primary N) is 1. The van der Waals surface area contributed by atoms with Crippen LogP contribution < -0.4 is 16.4 Å². The third-order valence-corrected chi connectivity index (χ3v) is 3.00. The van der Waals surface area contributed by atoms with Gasteiger partial charge in [-0.25, -0.2) is 0 Å². The van der Waals surface area contributed by atoms with Crippen molar-refractivity contribution in [1.82, 2.24) is 5.32 Å². The second-order valence-corrected chi connectivity index (χ2v) is 4.27. The van der Waals surface area contributed by atoms with Crippen molar-refractivity contribution >= 4 is 17.3 Å². The van der Waals surface area contributed by atoms with Gasteiger partial charge in [-0.3, -0.25) is 4.79 Å². The van der Waals surface area contributed by atoms with Gasteiger partial charge < -0.3 is 16.4 Å². The Bertz CT molecular complexity index is 595. The summed E-state index contributed by atoms with van der Waals surface area (Å²) < 4.78 is 0. The van der Waals surface area contributed by atoms with E-state index in [9.17, 15) is 4.79 Å². The van der Waals surface area contributed by atoms with E-state index in [1.54, 1.807) is 12.1 Å². The van der Waals surface area contributed by atoms with Crippen molar-refractivity contribution < 1.29 is 4.79 Å². The van der Waals surface area contributed by atoms with Gasteiger partial charge in [0.25, 0.3) is 5.91 Å². The van der Waals surface area contributed by atoms with Crippen LogP contribution in [0.1, 0.15) is 22.1 Å². The molecular weight excluding hydrogens is 226 g/mol. The lowest BCUT2D eigenvalue weighted by Crippen LogP contribution is -2.38. The third kappa shape index (κ3) is 1.78. The van der Waals surface area contributed by atoms with Crippen LogP contribution >= 0.6 is 0 Å². The number of nitrogens with one attached hydrogen (secondary N) is 2. The zero-order valence-corrected chi connectivity index (χ0v) is 9.68. The molecule has 4 heteroatoms. The predicted molar refractivity (Wildman–Crippen MR) is 71.1 cm³/mol. The molecule has 0 radical (unpaired) electrons. The van der Waals surface area contributed by atoms with Crippen LogP contribution in [0.4, 0.5) is 11.4 Å². The highest BCUT2D eigenvalue weighted by Crippen LogP contribution is 2.27. The zero-order chi connectivity index (χ0) is 12.5. The molecule has 4 N–H and O–H groups in total. The molecule has 0 aliphatic carbocycles. The highest BCUT2D eigenvalue weighted by Gasteiger charge is 2.24. The molecule has 1 amide bonds. The van der Waals surface area contributed by atoms with E-state index in [0.29, 0.717) is 11.3 Å². The third-order valence-electron chi connectivity index (χ3n) is 3.00. The summed E-state index contributed by atoms with van der Waals surface area (Å²) in [5.41, 5.74) is 8.68. The zero-order valence-electron chi connectivity index (χ0n) is 9.68. The fourth-order valence-electron chi connectivity index (χ4n) is 2.09. The van der Waals surface area contributed by atoms with E-state index >= 15 is 0 Å². The van der Waals surface area contributed by atoms with Gasteiger partial charge in [0.15, 0.2) is 0 Å². The van der Waals surface area contributed by atoms with Crippen LogP contribution in [0.25, 0.3) is 0 Å². The number of hydrogen-bond donors (Lipinski definition) is 3. The van der Waals surface area contributed by atoms with Gasteiger partial charge >= 0.3 is 0 Å². The van der Waals surface area contributed by atoms with Crippen molar-refractivity contribution in [2.45, 2.75) is 6.17 Å². The average Bonchev–Trinajstić information content (AvgIpc) is 2.40. The summed E-state index contributed by atoms with van der Waals surface area (Å²) in [6, 6.07) is 15.1. The first-order valence-corrected chi connectivity index (χ1v) is 5.76. The van der Waals surface area contributed by atoms with E-state index in [2.05, 4.69) is 10.6 Å². The lowest BCUT2D eigenvalue weighted by Gasteiger charge is -2.28. The topological polar surface area (TPSA) is 67.2 Å². The molecule has 2 aromatic carbocycles. The van der Waals surface area contributed by atoms with Crippen LogP contribution in [0.5, 0.6) is 0 Å². The van der Waals surface area contributed by atoms with Gasteiger partial charge in [-0.05, 0) is 23.8 Å². The van der Waals surface area contributed by atoms with E-state index < -0.39 is 0 Å². The molecule has 1 aliphatic rings. The highest BCUT2D eigenvalue weighted by atomic mass is 16.2. The first-order chi connectivity index (χ1) is 8.74. The molecule has 0 unspecified atom stereocenters. The van der Waals surface area contributed by atoms with E-state index in [4.69, 9.17) is 5.73 Å². The van der Waals surface area contributed by atoms with Crippen molar-refractivity contribution in [3.63, 3.8) is 0 Å². The van der Waals surface area contributed by atoms with Crippen LogP contribution in [-0.2, 0) is 0 Å². The van der Waals surface area contributed by atoms with E-state index in [1.807, 2.05) is 36.4 Å². The van der Waals surface area contributed by atoms with Crippen molar-refractivity contribution in [3.05, 3.63) is 59.7 Å². The number of rotatable bonds is 1. The molecule has 2 aromatic rings. The monoisotopic (exact) mass is 239 g/mol. The molecule has 0 saturated heterocycles. The molecule has 0 aromatic heterocycles. The summed E-state index contributed by atoms with van der Waals surface area (Å²) in [5, 5.41) is 6.19. The van der Waals surface area contributed by atoms with Crippen LogP contribution in [-0.4, -0.2) is 5.91 Å². The Morgan fingerprint density at radius 1 is 1.00 bits per heavy atom. The van der Waals surface area contributed by atoms with Crippen LogP contribution in [0.3, 0.4) is 0 Å². The number of carbonyl (C=O) groups excluding carboxylic acids is 1. The van der Waals surface area contributed by atoms with Gasteiger partial charge in [0.05, 0.1) is 5.56 Å². The van der Waals surface area contributed by atoms with Gasteiger partial charge in [0.1, 0.15) is 6.17 Å². The smallest absolute Gasteiger partial charge is 0.255 e. The Labute approximate surface area is 105 Å². The Morgan fingerprint density at radius 2 is 1.78 bits per heavy atom. The van der Waals surface area contributed by atoms with Crippen LogP contribution in [0, 0.1) is 0 Å². The minimum Gasteiger partial charge on any atom is -0.399 e. The van der Waals surface area contributed by atoms with Crippen LogP contribution in [0.2, 0.25) is 0 Å². The Kier molecular flexibility index (Phi) is 2.41. The van der Waals surface area contributed by atoms with Crippen molar-refractivity contribution in [2.24, 2.45) is 0 Å². The van der Waals surface area contributed by atoms with Crippen LogP contribution in [0.15, 0.2) is 48.5 Å². The number of fused-ring (bicyclic) bond motifs is 1. The molecule has 4 nitrogen and oxygen atoms in total. The van der Waals surface area contributed by atoms with Gasteiger partial charge in [-0.15, -0.1) is 0 Å². The predicted octanol–water partition coefficient (Wildman–Crippen LogP) is 2.12. The largest absolute Gasteiger partial charge is 0.399 e. The molecule has 1 aliphatic heterocycles.